The van der Waals surface area contributed by atoms with E-state index in [0.29, 0.717) is 0 Å². The minimum Gasteiger partial charge on any atom is -0.377 e. The second kappa shape index (κ2) is 4.78. The number of aromatic nitrogens is 2. The summed E-state index contributed by atoms with van der Waals surface area (Å²) in [6.45, 7) is 5.03. The van der Waals surface area contributed by atoms with E-state index in [1.807, 2.05) is 11.6 Å². The number of aryl methyl sites for hydroxylation is 2. The van der Waals surface area contributed by atoms with Gasteiger partial charge in [-0.15, -0.1) is 0 Å². The van der Waals surface area contributed by atoms with Gasteiger partial charge in [-0.1, -0.05) is 0 Å². The smallest absolute Gasteiger partial charge is 0.0832 e. The van der Waals surface area contributed by atoms with Crippen molar-refractivity contribution in [3.63, 3.8) is 0 Å². The zero-order valence-corrected chi connectivity index (χ0v) is 11.1. The Balaban J connectivity index is 2.09. The van der Waals surface area contributed by atoms with Gasteiger partial charge in [-0.2, -0.15) is 5.10 Å². The maximum Gasteiger partial charge on any atom is 0.0832 e. The molecule has 1 aliphatic rings. The number of rotatable bonds is 5. The van der Waals surface area contributed by atoms with Crippen LogP contribution >= 0.6 is 0 Å². The van der Waals surface area contributed by atoms with Gasteiger partial charge in [0.15, 0.2) is 0 Å². The van der Waals surface area contributed by atoms with Crippen LogP contribution < -0.4 is 5.73 Å². The van der Waals surface area contributed by atoms with E-state index < -0.39 is 0 Å². The van der Waals surface area contributed by atoms with Crippen molar-refractivity contribution < 1.29 is 4.74 Å². The fourth-order valence-corrected chi connectivity index (χ4v) is 2.70. The average molecular weight is 237 g/mol. The highest BCUT2D eigenvalue weighted by Crippen LogP contribution is 2.38. The molecule has 96 valence electrons. The molecule has 1 aliphatic carbocycles. The molecule has 1 fully saturated rings. The third-order valence-electron chi connectivity index (χ3n) is 4.00. The van der Waals surface area contributed by atoms with E-state index in [1.54, 1.807) is 7.11 Å². The lowest BCUT2D eigenvalue weighted by atomic mass is 9.73. The van der Waals surface area contributed by atoms with Gasteiger partial charge in [-0.25, -0.2) is 0 Å². The van der Waals surface area contributed by atoms with E-state index in [4.69, 9.17) is 10.5 Å². The largest absolute Gasteiger partial charge is 0.377 e. The number of ether oxygens (including phenoxy) is 1. The van der Waals surface area contributed by atoms with Crippen molar-refractivity contribution in [3.05, 3.63) is 17.5 Å². The van der Waals surface area contributed by atoms with Gasteiger partial charge < -0.3 is 10.5 Å². The number of hydrogen-bond donors (Lipinski definition) is 1. The number of methoxy groups -OCH3 is 1. The monoisotopic (exact) mass is 237 g/mol. The number of nitrogens with zero attached hydrogens (tertiary/aromatic N) is 2. The maximum absolute atomic E-state index is 6.32. The minimum atomic E-state index is -0.0866. The summed E-state index contributed by atoms with van der Waals surface area (Å²) in [5, 5.41) is 4.45. The van der Waals surface area contributed by atoms with Gasteiger partial charge in [0.2, 0.25) is 0 Å². The molecule has 4 heteroatoms. The lowest BCUT2D eigenvalue weighted by molar-refractivity contribution is -0.0900. The molecule has 0 aromatic carbocycles. The number of nitrogens with two attached hydrogens (primary N) is 1. The SMILES string of the molecule is CCn1nc(C)cc1CC(N)C1(OC)CCC1. The predicted molar refractivity (Wildman–Crippen MR) is 67.9 cm³/mol. The van der Waals surface area contributed by atoms with E-state index in [2.05, 4.69) is 18.1 Å². The van der Waals surface area contributed by atoms with Gasteiger partial charge in [-0.05, 0) is 39.2 Å². The molecule has 4 nitrogen and oxygen atoms in total. The molecule has 1 heterocycles. The molecule has 0 aliphatic heterocycles. The molecular formula is C13H23N3O. The summed E-state index contributed by atoms with van der Waals surface area (Å²) in [4.78, 5) is 0. The highest BCUT2D eigenvalue weighted by atomic mass is 16.5. The second-order valence-electron chi connectivity index (χ2n) is 5.03. The molecule has 1 saturated carbocycles. The summed E-state index contributed by atoms with van der Waals surface area (Å²) in [6.07, 6.45) is 4.25. The van der Waals surface area contributed by atoms with E-state index in [9.17, 15) is 0 Å². The Kier molecular flexibility index (Phi) is 3.54. The third kappa shape index (κ3) is 2.24. The molecule has 0 radical (unpaired) electrons. The Morgan fingerprint density at radius 3 is 2.76 bits per heavy atom. The normalized spacial score (nSPS) is 20.0. The van der Waals surface area contributed by atoms with Crippen molar-refractivity contribution in [2.75, 3.05) is 7.11 Å². The lowest BCUT2D eigenvalue weighted by Crippen LogP contribution is -2.55. The molecule has 1 atom stereocenters. The first-order valence-electron chi connectivity index (χ1n) is 6.45. The summed E-state index contributed by atoms with van der Waals surface area (Å²) in [6, 6.07) is 2.20. The molecule has 1 aromatic rings. The highest BCUT2D eigenvalue weighted by molar-refractivity contribution is 5.13. The molecule has 2 rings (SSSR count). The zero-order valence-electron chi connectivity index (χ0n) is 11.1. The summed E-state index contributed by atoms with van der Waals surface area (Å²) in [5.41, 5.74) is 8.52. The van der Waals surface area contributed by atoms with E-state index in [0.717, 1.165) is 31.5 Å². The molecule has 1 unspecified atom stereocenters. The van der Waals surface area contributed by atoms with Gasteiger partial charge >= 0.3 is 0 Å². The van der Waals surface area contributed by atoms with Gasteiger partial charge in [0.1, 0.15) is 0 Å². The summed E-state index contributed by atoms with van der Waals surface area (Å²) in [7, 11) is 1.78. The lowest BCUT2D eigenvalue weighted by Gasteiger charge is -2.45. The van der Waals surface area contributed by atoms with E-state index in [1.165, 1.54) is 12.1 Å². The van der Waals surface area contributed by atoms with Crippen LogP contribution in [-0.2, 0) is 17.7 Å². The van der Waals surface area contributed by atoms with E-state index in [-0.39, 0.29) is 11.6 Å². The average Bonchev–Trinajstić information content (AvgIpc) is 2.58. The highest BCUT2D eigenvalue weighted by Gasteiger charge is 2.42. The topological polar surface area (TPSA) is 53.1 Å². The van der Waals surface area contributed by atoms with Gasteiger partial charge in [0.25, 0.3) is 0 Å². The molecule has 0 saturated heterocycles. The molecule has 17 heavy (non-hydrogen) atoms. The molecule has 0 amide bonds. The fraction of sp³-hybridized carbons (Fsp3) is 0.769. The molecule has 0 bridgehead atoms. The van der Waals surface area contributed by atoms with Crippen molar-refractivity contribution in [1.29, 1.82) is 0 Å². The molecule has 2 N–H and O–H groups in total. The van der Waals surface area contributed by atoms with Crippen LogP contribution in [0, 0.1) is 6.92 Å². The van der Waals surface area contributed by atoms with Crippen molar-refractivity contribution in [2.45, 2.75) is 57.7 Å². The van der Waals surface area contributed by atoms with Crippen molar-refractivity contribution in [1.82, 2.24) is 9.78 Å². The Bertz CT molecular complexity index is 377. The summed E-state index contributed by atoms with van der Waals surface area (Å²) < 4.78 is 7.67. The van der Waals surface area contributed by atoms with Crippen LogP contribution in [-0.4, -0.2) is 28.5 Å². The van der Waals surface area contributed by atoms with Crippen molar-refractivity contribution in [3.8, 4) is 0 Å². The first kappa shape index (κ1) is 12.6. The Morgan fingerprint density at radius 1 is 1.59 bits per heavy atom. The first-order valence-corrected chi connectivity index (χ1v) is 6.45. The van der Waals surface area contributed by atoms with Crippen LogP contribution in [0.2, 0.25) is 0 Å². The predicted octanol–water partition coefficient (Wildman–Crippen LogP) is 1.65. The molecule has 1 aromatic heterocycles. The maximum atomic E-state index is 6.32. The minimum absolute atomic E-state index is 0.0719. The van der Waals surface area contributed by atoms with Crippen LogP contribution in [0.5, 0.6) is 0 Å². The van der Waals surface area contributed by atoms with Crippen LogP contribution in [0.3, 0.4) is 0 Å². The van der Waals surface area contributed by atoms with Crippen molar-refractivity contribution >= 4 is 0 Å². The third-order valence-corrected chi connectivity index (χ3v) is 4.00. The van der Waals surface area contributed by atoms with Crippen LogP contribution in [0.25, 0.3) is 0 Å². The van der Waals surface area contributed by atoms with Crippen LogP contribution in [0.1, 0.15) is 37.6 Å². The second-order valence-corrected chi connectivity index (χ2v) is 5.03. The Labute approximate surface area is 103 Å². The van der Waals surface area contributed by atoms with Gasteiger partial charge in [-0.3, -0.25) is 4.68 Å². The fourth-order valence-electron chi connectivity index (χ4n) is 2.70. The quantitative estimate of drug-likeness (QED) is 0.847. The number of hydrogen-bond acceptors (Lipinski definition) is 3. The molecular weight excluding hydrogens is 214 g/mol. The van der Waals surface area contributed by atoms with E-state index >= 15 is 0 Å². The Hall–Kier alpha value is -0.870. The Morgan fingerprint density at radius 2 is 2.29 bits per heavy atom. The zero-order chi connectivity index (χ0) is 12.5. The summed E-state index contributed by atoms with van der Waals surface area (Å²) >= 11 is 0. The van der Waals surface area contributed by atoms with Crippen molar-refractivity contribution in [2.24, 2.45) is 5.73 Å². The van der Waals surface area contributed by atoms with Gasteiger partial charge in [0, 0.05) is 31.8 Å². The van der Waals surface area contributed by atoms with Crippen LogP contribution in [0.4, 0.5) is 0 Å². The first-order chi connectivity index (χ1) is 8.11. The molecule has 0 spiro atoms. The van der Waals surface area contributed by atoms with Gasteiger partial charge in [0.05, 0.1) is 11.3 Å². The van der Waals surface area contributed by atoms with Crippen LogP contribution in [0.15, 0.2) is 6.07 Å². The summed E-state index contributed by atoms with van der Waals surface area (Å²) in [5.74, 6) is 0. The standard InChI is InChI=1S/C13H23N3O/c1-4-16-11(8-10(2)15-16)9-12(14)13(17-3)6-5-7-13/h8,12H,4-7,9,14H2,1-3H3.